The van der Waals surface area contributed by atoms with Crippen LogP contribution in [-0.2, 0) is 6.54 Å². The lowest BCUT2D eigenvalue weighted by Gasteiger charge is -2.34. The number of rotatable bonds is 4. The van der Waals surface area contributed by atoms with Crippen LogP contribution in [0.2, 0.25) is 0 Å². The van der Waals surface area contributed by atoms with Crippen molar-refractivity contribution in [1.82, 2.24) is 25.4 Å². The highest BCUT2D eigenvalue weighted by molar-refractivity contribution is 5.74. The molecule has 1 fully saturated rings. The molecule has 0 radical (unpaired) electrons. The summed E-state index contributed by atoms with van der Waals surface area (Å²) in [7, 11) is 0. The Bertz CT molecular complexity index is 653. The third kappa shape index (κ3) is 3.93. The SMILES string of the molecule is C[C@H]1[C@H](C)CCC[C@@H]1NC(=O)NCc1ccc(-n2cncn2)cc1. The van der Waals surface area contributed by atoms with Crippen LogP contribution in [0.25, 0.3) is 5.69 Å². The number of benzene rings is 1. The second kappa shape index (κ2) is 7.47. The Morgan fingerprint density at radius 3 is 2.75 bits per heavy atom. The molecule has 3 atom stereocenters. The number of carbonyl (C=O) groups excluding carboxylic acids is 1. The van der Waals surface area contributed by atoms with Gasteiger partial charge in [0.25, 0.3) is 0 Å². The van der Waals surface area contributed by atoms with Crippen molar-refractivity contribution < 1.29 is 4.79 Å². The number of nitrogens with zero attached hydrogens (tertiary/aromatic N) is 3. The Morgan fingerprint density at radius 2 is 2.04 bits per heavy atom. The van der Waals surface area contributed by atoms with Gasteiger partial charge in [0, 0.05) is 12.6 Å². The van der Waals surface area contributed by atoms with E-state index in [0.717, 1.165) is 17.7 Å². The normalized spacial score (nSPS) is 23.7. The fraction of sp³-hybridized carbons (Fsp3) is 0.500. The van der Waals surface area contributed by atoms with Gasteiger partial charge in [-0.15, -0.1) is 0 Å². The minimum atomic E-state index is -0.0821. The largest absolute Gasteiger partial charge is 0.335 e. The molecule has 2 amide bonds. The Kier molecular flexibility index (Phi) is 5.13. The van der Waals surface area contributed by atoms with E-state index in [1.165, 1.54) is 19.2 Å². The number of urea groups is 1. The molecule has 2 N–H and O–H groups in total. The van der Waals surface area contributed by atoms with Gasteiger partial charge in [0.15, 0.2) is 0 Å². The summed E-state index contributed by atoms with van der Waals surface area (Å²) < 4.78 is 1.70. The van der Waals surface area contributed by atoms with Crippen LogP contribution in [0.1, 0.15) is 38.7 Å². The maximum Gasteiger partial charge on any atom is 0.315 e. The van der Waals surface area contributed by atoms with Crippen LogP contribution >= 0.6 is 0 Å². The third-order valence-corrected chi connectivity index (χ3v) is 5.10. The Balaban J connectivity index is 1.49. The zero-order valence-electron chi connectivity index (χ0n) is 14.3. The molecule has 0 aliphatic heterocycles. The summed E-state index contributed by atoms with van der Waals surface area (Å²) in [6.07, 6.45) is 6.70. The minimum absolute atomic E-state index is 0.0821. The number of aromatic nitrogens is 3. The molecule has 24 heavy (non-hydrogen) atoms. The zero-order valence-corrected chi connectivity index (χ0v) is 14.3. The second-order valence-corrected chi connectivity index (χ2v) is 6.71. The van der Waals surface area contributed by atoms with Crippen molar-refractivity contribution in [3.63, 3.8) is 0 Å². The molecule has 1 aliphatic rings. The molecule has 0 bridgehead atoms. The fourth-order valence-electron chi connectivity index (χ4n) is 3.30. The highest BCUT2D eigenvalue weighted by Crippen LogP contribution is 2.29. The summed E-state index contributed by atoms with van der Waals surface area (Å²) in [6.45, 7) is 5.02. The lowest BCUT2D eigenvalue weighted by atomic mass is 9.78. The average molecular weight is 327 g/mol. The Labute approximate surface area is 142 Å². The fourth-order valence-corrected chi connectivity index (χ4v) is 3.30. The summed E-state index contributed by atoms with van der Waals surface area (Å²) >= 11 is 0. The van der Waals surface area contributed by atoms with E-state index in [9.17, 15) is 4.79 Å². The highest BCUT2D eigenvalue weighted by Gasteiger charge is 2.27. The number of carbonyl (C=O) groups is 1. The predicted octanol–water partition coefficient (Wildman–Crippen LogP) is 2.89. The molecule has 1 aliphatic carbocycles. The van der Waals surface area contributed by atoms with E-state index in [0.29, 0.717) is 18.4 Å². The van der Waals surface area contributed by atoms with Crippen molar-refractivity contribution in [1.29, 1.82) is 0 Å². The van der Waals surface area contributed by atoms with E-state index < -0.39 is 0 Å². The van der Waals surface area contributed by atoms with Crippen LogP contribution in [0.15, 0.2) is 36.9 Å². The summed E-state index contributed by atoms with van der Waals surface area (Å²) in [6, 6.07) is 8.11. The van der Waals surface area contributed by atoms with Gasteiger partial charge in [0.2, 0.25) is 0 Å². The highest BCUT2D eigenvalue weighted by atomic mass is 16.2. The summed E-state index contributed by atoms with van der Waals surface area (Å²) in [5, 5.41) is 10.2. The van der Waals surface area contributed by atoms with Crippen molar-refractivity contribution in [3.8, 4) is 5.69 Å². The van der Waals surface area contributed by atoms with E-state index in [-0.39, 0.29) is 12.1 Å². The molecule has 128 valence electrons. The van der Waals surface area contributed by atoms with Crippen LogP contribution in [-0.4, -0.2) is 26.8 Å². The van der Waals surface area contributed by atoms with E-state index in [1.54, 1.807) is 11.0 Å². The van der Waals surface area contributed by atoms with Crippen LogP contribution in [0.5, 0.6) is 0 Å². The zero-order chi connectivity index (χ0) is 16.9. The maximum absolute atomic E-state index is 12.1. The van der Waals surface area contributed by atoms with E-state index in [2.05, 4.69) is 34.6 Å². The molecule has 1 saturated carbocycles. The van der Waals surface area contributed by atoms with Gasteiger partial charge in [0.1, 0.15) is 12.7 Å². The molecule has 6 heteroatoms. The molecule has 1 aromatic carbocycles. The molecule has 3 rings (SSSR count). The average Bonchev–Trinajstić information content (AvgIpc) is 3.12. The standard InChI is InChI=1S/C18H25N5O/c1-13-4-3-5-17(14(13)2)22-18(24)20-10-15-6-8-16(9-7-15)23-12-19-11-21-23/h6-9,11-14,17H,3-5,10H2,1-2H3,(H2,20,22,24)/t13-,14+,17+/m1/s1. The molecule has 6 nitrogen and oxygen atoms in total. The van der Waals surface area contributed by atoms with Gasteiger partial charge < -0.3 is 10.6 Å². The monoisotopic (exact) mass is 327 g/mol. The Hall–Kier alpha value is -2.37. The first-order chi connectivity index (χ1) is 11.6. The second-order valence-electron chi connectivity index (χ2n) is 6.71. The Morgan fingerprint density at radius 1 is 1.25 bits per heavy atom. The molecule has 1 heterocycles. The predicted molar refractivity (Wildman–Crippen MR) is 92.7 cm³/mol. The van der Waals surface area contributed by atoms with E-state index >= 15 is 0 Å². The summed E-state index contributed by atoms with van der Waals surface area (Å²) in [5.41, 5.74) is 2.00. The molecule has 1 aromatic heterocycles. The minimum Gasteiger partial charge on any atom is -0.335 e. The van der Waals surface area contributed by atoms with Crippen molar-refractivity contribution in [3.05, 3.63) is 42.5 Å². The van der Waals surface area contributed by atoms with Crippen LogP contribution < -0.4 is 10.6 Å². The third-order valence-electron chi connectivity index (χ3n) is 5.10. The van der Waals surface area contributed by atoms with Crippen molar-refractivity contribution in [2.75, 3.05) is 0 Å². The topological polar surface area (TPSA) is 71.8 Å². The van der Waals surface area contributed by atoms with Gasteiger partial charge >= 0.3 is 6.03 Å². The van der Waals surface area contributed by atoms with Crippen molar-refractivity contribution >= 4 is 6.03 Å². The lowest BCUT2D eigenvalue weighted by molar-refractivity contribution is 0.195. The van der Waals surface area contributed by atoms with E-state index in [1.807, 2.05) is 24.3 Å². The molecule has 0 spiro atoms. The summed E-state index contributed by atoms with van der Waals surface area (Å²) in [5.74, 6) is 1.21. The molecular weight excluding hydrogens is 302 g/mol. The van der Waals surface area contributed by atoms with Crippen LogP contribution in [0.3, 0.4) is 0 Å². The van der Waals surface area contributed by atoms with Crippen molar-refractivity contribution in [2.24, 2.45) is 11.8 Å². The van der Waals surface area contributed by atoms with Gasteiger partial charge in [-0.2, -0.15) is 5.10 Å². The first-order valence-corrected chi connectivity index (χ1v) is 8.62. The van der Waals surface area contributed by atoms with Gasteiger partial charge in [-0.1, -0.05) is 38.8 Å². The number of hydrogen-bond acceptors (Lipinski definition) is 3. The van der Waals surface area contributed by atoms with E-state index in [4.69, 9.17) is 0 Å². The lowest BCUT2D eigenvalue weighted by Crippen LogP contribution is -2.47. The van der Waals surface area contributed by atoms with Crippen molar-refractivity contribution in [2.45, 2.75) is 45.7 Å². The van der Waals surface area contributed by atoms with Crippen LogP contribution in [0.4, 0.5) is 4.79 Å². The molecule has 2 aromatic rings. The van der Waals surface area contributed by atoms with Gasteiger partial charge in [0.05, 0.1) is 5.69 Å². The van der Waals surface area contributed by atoms with Crippen LogP contribution in [0, 0.1) is 11.8 Å². The molecule has 0 saturated heterocycles. The number of amides is 2. The molecule has 0 unspecified atom stereocenters. The first kappa shape index (κ1) is 16.5. The first-order valence-electron chi connectivity index (χ1n) is 8.62. The number of nitrogens with one attached hydrogen (secondary N) is 2. The summed E-state index contributed by atoms with van der Waals surface area (Å²) in [4.78, 5) is 16.1. The quantitative estimate of drug-likeness (QED) is 0.907. The molecular formula is C18H25N5O. The van der Waals surface area contributed by atoms with Gasteiger partial charge in [-0.3, -0.25) is 0 Å². The van der Waals surface area contributed by atoms with Gasteiger partial charge in [-0.25, -0.2) is 14.5 Å². The smallest absolute Gasteiger partial charge is 0.315 e. The maximum atomic E-state index is 12.1. The van der Waals surface area contributed by atoms with Gasteiger partial charge in [-0.05, 0) is 36.0 Å². The number of hydrogen-bond donors (Lipinski definition) is 2.